The van der Waals surface area contributed by atoms with Gasteiger partial charge in [-0.15, -0.1) is 0 Å². The molecule has 4 aliphatic heterocycles. The molecule has 5 rings (SSSR count). The third kappa shape index (κ3) is 6.98. The first kappa shape index (κ1) is 27.2. The number of nitrogens with zero attached hydrogens (tertiary/aromatic N) is 5. The van der Waals surface area contributed by atoms with Crippen molar-refractivity contribution in [2.24, 2.45) is 21.5 Å². The predicted molar refractivity (Wildman–Crippen MR) is 148 cm³/mol. The fourth-order valence-electron chi connectivity index (χ4n) is 5.27. The molecule has 7 N–H and O–H groups in total. The van der Waals surface area contributed by atoms with Crippen molar-refractivity contribution >= 4 is 23.4 Å². The quantitative estimate of drug-likeness (QED) is 0.156. The number of benzene rings is 1. The third-order valence-electron chi connectivity index (χ3n) is 7.45. The van der Waals surface area contributed by atoms with Crippen LogP contribution in [0.3, 0.4) is 0 Å². The largest absolute Gasteiger partial charge is 0.450 e. The van der Waals surface area contributed by atoms with Crippen LogP contribution in [0.1, 0.15) is 29.6 Å². The van der Waals surface area contributed by atoms with Crippen LogP contribution in [0.2, 0.25) is 0 Å². The van der Waals surface area contributed by atoms with Crippen LogP contribution in [0, 0.1) is 0 Å². The average Bonchev–Trinajstić information content (AvgIpc) is 2.94. The Morgan fingerprint density at radius 2 is 1.92 bits per heavy atom. The van der Waals surface area contributed by atoms with Crippen LogP contribution in [0.5, 0.6) is 5.75 Å². The van der Waals surface area contributed by atoms with Gasteiger partial charge in [0.2, 0.25) is 6.35 Å². The number of aliphatic hydroxyl groups excluding tert-OH is 1. The molecular weight excluding hydrogens is 502 g/mol. The van der Waals surface area contributed by atoms with Gasteiger partial charge in [-0.3, -0.25) is 14.7 Å². The van der Waals surface area contributed by atoms with E-state index in [9.17, 15) is 9.90 Å². The number of morpholine rings is 1. The van der Waals surface area contributed by atoms with Gasteiger partial charge in [0.1, 0.15) is 0 Å². The highest BCUT2D eigenvalue weighted by molar-refractivity contribution is 6.10. The van der Waals surface area contributed by atoms with Crippen molar-refractivity contribution in [1.29, 1.82) is 0 Å². The van der Waals surface area contributed by atoms with Crippen LogP contribution in [0.25, 0.3) is 0 Å². The number of anilines is 1. The van der Waals surface area contributed by atoms with Gasteiger partial charge >= 0.3 is 0 Å². The Hall–Kier alpha value is -3.39. The molecule has 0 spiro atoms. The van der Waals surface area contributed by atoms with Gasteiger partial charge in [-0.25, -0.2) is 4.99 Å². The Kier molecular flexibility index (Phi) is 8.81. The number of hydrogen-bond donors (Lipinski definition) is 5. The topological polar surface area (TPSA) is 166 Å². The number of carbonyl (C=O) groups is 1. The molecule has 1 atom stereocenters. The number of ether oxygens (including phenoxy) is 2. The van der Waals surface area contributed by atoms with E-state index >= 15 is 0 Å². The van der Waals surface area contributed by atoms with Crippen LogP contribution in [-0.4, -0.2) is 115 Å². The molecule has 13 heteroatoms. The highest BCUT2D eigenvalue weighted by Crippen LogP contribution is 2.34. The number of hydrogen-bond acceptors (Lipinski definition) is 10. The second-order valence-electron chi connectivity index (χ2n) is 10.1. The van der Waals surface area contributed by atoms with Crippen molar-refractivity contribution < 1.29 is 19.4 Å². The monoisotopic (exact) mass is 541 g/mol. The van der Waals surface area contributed by atoms with Crippen LogP contribution < -0.4 is 26.8 Å². The smallest absolute Gasteiger partial charge is 0.251 e. The molecule has 39 heavy (non-hydrogen) atoms. The third-order valence-corrected chi connectivity index (χ3v) is 7.45. The maximum absolute atomic E-state index is 12.7. The molecule has 4 aliphatic rings. The first-order chi connectivity index (χ1) is 19.0. The number of aliphatic hydroxyl groups is 1. The highest BCUT2D eigenvalue weighted by Gasteiger charge is 2.33. The molecule has 212 valence electrons. The lowest BCUT2D eigenvalue weighted by Crippen LogP contribution is -2.49. The minimum absolute atomic E-state index is 0.129. The van der Waals surface area contributed by atoms with Crippen molar-refractivity contribution in [3.05, 3.63) is 35.7 Å². The molecule has 0 bridgehead atoms. The fourth-order valence-corrected chi connectivity index (χ4v) is 5.27. The minimum atomic E-state index is -1.01. The van der Waals surface area contributed by atoms with E-state index in [-0.39, 0.29) is 17.9 Å². The van der Waals surface area contributed by atoms with Gasteiger partial charge in [0.25, 0.3) is 5.91 Å². The maximum atomic E-state index is 12.7. The molecule has 0 aliphatic carbocycles. The number of aliphatic imine (C=N–C) groups is 2. The van der Waals surface area contributed by atoms with E-state index in [4.69, 9.17) is 20.9 Å². The standard InChI is InChI=1S/C26H39N9O4/c27-25(28)30-6-1-8-33-9-4-19(5-10-33)35-17-22-23(32-26(35)37)31-20-16-18(2-3-21(20)39-22)24(36)29-7-11-34-12-14-38-15-13-34/h2-3,16-17,19,26,37H,1,4-15H2,(H,29,36)(H,31,32)(H4,27,28,30). The molecule has 13 nitrogen and oxygen atoms in total. The summed E-state index contributed by atoms with van der Waals surface area (Å²) in [6.07, 6.45) is 3.55. The number of piperidine rings is 1. The molecule has 1 aromatic carbocycles. The number of nitrogens with one attached hydrogen (secondary N) is 2. The molecule has 0 saturated carbocycles. The molecule has 1 amide bonds. The summed E-state index contributed by atoms with van der Waals surface area (Å²) in [5, 5.41) is 17.0. The lowest BCUT2D eigenvalue weighted by atomic mass is 10.0. The molecule has 4 heterocycles. The number of rotatable bonds is 9. The van der Waals surface area contributed by atoms with E-state index in [1.165, 1.54) is 0 Å². The summed E-state index contributed by atoms with van der Waals surface area (Å²) in [6.45, 7) is 8.02. The van der Waals surface area contributed by atoms with Crippen molar-refractivity contribution in [3.63, 3.8) is 0 Å². The zero-order chi connectivity index (χ0) is 27.2. The second-order valence-corrected chi connectivity index (χ2v) is 10.1. The first-order valence-electron chi connectivity index (χ1n) is 13.7. The number of nitrogens with two attached hydrogens (primary N) is 2. The molecular formula is C26H39N9O4. The zero-order valence-electron chi connectivity index (χ0n) is 22.2. The number of fused-ring (bicyclic) bond motifs is 2. The van der Waals surface area contributed by atoms with E-state index in [1.807, 2.05) is 11.1 Å². The predicted octanol–water partition coefficient (Wildman–Crippen LogP) is -0.488. The Balaban J connectivity index is 1.14. The van der Waals surface area contributed by atoms with E-state index in [0.29, 0.717) is 41.7 Å². The minimum Gasteiger partial charge on any atom is -0.450 e. The van der Waals surface area contributed by atoms with E-state index in [0.717, 1.165) is 71.7 Å². The number of amidine groups is 1. The Morgan fingerprint density at radius 3 is 2.69 bits per heavy atom. The van der Waals surface area contributed by atoms with Gasteiger partial charge in [-0.1, -0.05) is 0 Å². The zero-order valence-corrected chi connectivity index (χ0v) is 22.2. The molecule has 1 aromatic rings. The highest BCUT2D eigenvalue weighted by atomic mass is 16.5. The second kappa shape index (κ2) is 12.6. The van der Waals surface area contributed by atoms with Crippen LogP contribution in [-0.2, 0) is 4.74 Å². The summed E-state index contributed by atoms with van der Waals surface area (Å²) in [6, 6.07) is 5.44. The van der Waals surface area contributed by atoms with E-state index < -0.39 is 6.35 Å². The number of guanidine groups is 1. The molecule has 1 unspecified atom stereocenters. The summed E-state index contributed by atoms with van der Waals surface area (Å²) in [5.74, 6) is 1.60. The van der Waals surface area contributed by atoms with Crippen molar-refractivity contribution in [1.82, 2.24) is 20.0 Å². The van der Waals surface area contributed by atoms with Gasteiger partial charge in [-0.05, 0) is 44.0 Å². The maximum Gasteiger partial charge on any atom is 0.251 e. The van der Waals surface area contributed by atoms with Gasteiger partial charge < -0.3 is 46.5 Å². The van der Waals surface area contributed by atoms with Gasteiger partial charge in [0, 0.05) is 57.4 Å². The first-order valence-corrected chi connectivity index (χ1v) is 13.7. The van der Waals surface area contributed by atoms with E-state index in [1.54, 1.807) is 18.2 Å². The normalized spacial score (nSPS) is 22.0. The lowest BCUT2D eigenvalue weighted by molar-refractivity contribution is -0.00594. The van der Waals surface area contributed by atoms with E-state index in [2.05, 4.69) is 30.4 Å². The van der Waals surface area contributed by atoms with Gasteiger partial charge in [0.15, 0.2) is 23.3 Å². The van der Waals surface area contributed by atoms with Crippen molar-refractivity contribution in [2.75, 3.05) is 70.9 Å². The lowest BCUT2D eigenvalue weighted by Gasteiger charge is -2.41. The van der Waals surface area contributed by atoms with Crippen molar-refractivity contribution in [3.8, 4) is 5.75 Å². The fraction of sp³-hybridized carbons (Fsp3) is 0.577. The molecule has 0 radical (unpaired) electrons. The summed E-state index contributed by atoms with van der Waals surface area (Å²) < 4.78 is 11.5. The number of carbonyl (C=O) groups excluding carboxylic acids is 1. The van der Waals surface area contributed by atoms with Crippen LogP contribution in [0.4, 0.5) is 5.69 Å². The average molecular weight is 542 g/mol. The molecule has 2 fully saturated rings. The number of amides is 1. The molecule has 0 aromatic heterocycles. The van der Waals surface area contributed by atoms with Gasteiger partial charge in [-0.2, -0.15) is 0 Å². The van der Waals surface area contributed by atoms with Crippen LogP contribution in [0.15, 0.2) is 40.1 Å². The number of likely N-dealkylation sites (tertiary alicyclic amines) is 1. The SMILES string of the molecule is NC(N)=NCCCN1CCC(N2C=C3Oc4ccc(C(=O)NCCN5CCOCC5)cc4NC3=NC2O)CC1. The Morgan fingerprint density at radius 1 is 1.15 bits per heavy atom. The van der Waals surface area contributed by atoms with Crippen LogP contribution >= 0.6 is 0 Å². The van der Waals surface area contributed by atoms with Crippen molar-refractivity contribution in [2.45, 2.75) is 31.7 Å². The Bertz CT molecular complexity index is 1110. The molecule has 2 saturated heterocycles. The Labute approximate surface area is 228 Å². The van der Waals surface area contributed by atoms with Gasteiger partial charge in [0.05, 0.1) is 25.1 Å². The summed E-state index contributed by atoms with van der Waals surface area (Å²) in [5.41, 5.74) is 11.9. The summed E-state index contributed by atoms with van der Waals surface area (Å²) >= 11 is 0. The summed E-state index contributed by atoms with van der Waals surface area (Å²) in [7, 11) is 0. The summed E-state index contributed by atoms with van der Waals surface area (Å²) in [4.78, 5) is 27.8.